The average molecular weight is 536 g/mol. The van der Waals surface area contributed by atoms with Crippen molar-refractivity contribution in [3.8, 4) is 0 Å². The third kappa shape index (κ3) is 4.51. The zero-order valence-corrected chi connectivity index (χ0v) is 22.8. The lowest BCUT2D eigenvalue weighted by Gasteiger charge is -2.40. The molecule has 3 heterocycles. The summed E-state index contributed by atoms with van der Waals surface area (Å²) in [5, 5.41) is 16.6. The first-order valence-corrected chi connectivity index (χ1v) is 14.6. The Morgan fingerprint density at radius 3 is 2.45 bits per heavy atom. The summed E-state index contributed by atoms with van der Waals surface area (Å²) in [7, 11) is 0. The van der Waals surface area contributed by atoms with Crippen molar-refractivity contribution in [1.82, 2.24) is 10.2 Å². The SMILES string of the molecule is CCCCNC(=O)C1N([C@@H](CO)Cc2ccccc2)C(=O)[C@@H]2[C@H](C(=O)Nc3ccccc3)[C@@H]3CC(C)C12S3. The highest BCUT2D eigenvalue weighted by atomic mass is 32.2. The fourth-order valence-electron chi connectivity index (χ4n) is 6.82. The van der Waals surface area contributed by atoms with E-state index in [4.69, 9.17) is 0 Å². The van der Waals surface area contributed by atoms with E-state index in [-0.39, 0.29) is 35.5 Å². The highest BCUT2D eigenvalue weighted by Gasteiger charge is 2.76. The molecule has 3 aliphatic rings. The van der Waals surface area contributed by atoms with Gasteiger partial charge in [-0.2, -0.15) is 0 Å². The van der Waals surface area contributed by atoms with Gasteiger partial charge in [-0.1, -0.05) is 68.8 Å². The van der Waals surface area contributed by atoms with E-state index in [1.54, 1.807) is 16.7 Å². The van der Waals surface area contributed by atoms with Crippen molar-refractivity contribution in [3.05, 3.63) is 66.2 Å². The molecule has 2 bridgehead atoms. The first-order valence-electron chi connectivity index (χ1n) is 13.7. The summed E-state index contributed by atoms with van der Waals surface area (Å²) >= 11 is 1.66. The van der Waals surface area contributed by atoms with Gasteiger partial charge < -0.3 is 20.6 Å². The van der Waals surface area contributed by atoms with Crippen LogP contribution in [0.15, 0.2) is 60.7 Å². The monoisotopic (exact) mass is 535 g/mol. The molecule has 3 fully saturated rings. The number of nitrogens with one attached hydrogen (secondary N) is 2. The molecular formula is C30H37N3O4S. The molecule has 1 spiro atoms. The standard InChI is InChI=1S/C30H37N3O4S/c1-3-4-15-31-28(36)26-30-19(2)16-23(38-30)24(27(35)32-21-13-9-6-10-14-21)25(30)29(37)33(26)22(18-34)17-20-11-7-5-8-12-20/h5-14,19,22-26,34H,3-4,15-18H2,1-2H3,(H,31,36)(H,32,35)/t19?,22-,23+,24-,25+,26?,30?/m1/s1. The number of nitrogens with zero attached hydrogens (tertiary/aromatic N) is 1. The number of likely N-dealkylation sites (tertiary alicyclic amines) is 1. The van der Waals surface area contributed by atoms with E-state index in [0.29, 0.717) is 18.7 Å². The Bertz CT molecular complexity index is 1160. The van der Waals surface area contributed by atoms with E-state index in [1.807, 2.05) is 60.7 Å². The van der Waals surface area contributed by atoms with Crippen LogP contribution in [0.2, 0.25) is 0 Å². The number of rotatable bonds is 10. The van der Waals surface area contributed by atoms with Gasteiger partial charge >= 0.3 is 0 Å². The number of hydrogen-bond acceptors (Lipinski definition) is 5. The molecule has 0 aromatic heterocycles. The van der Waals surface area contributed by atoms with Gasteiger partial charge in [0.2, 0.25) is 17.7 Å². The molecule has 3 amide bonds. The molecule has 7 atom stereocenters. The lowest BCUT2D eigenvalue weighted by molar-refractivity contribution is -0.142. The van der Waals surface area contributed by atoms with Crippen molar-refractivity contribution in [2.45, 2.75) is 61.6 Å². The highest BCUT2D eigenvalue weighted by molar-refractivity contribution is 8.02. The van der Waals surface area contributed by atoms with Gasteiger partial charge in [0, 0.05) is 17.5 Å². The molecule has 2 aromatic carbocycles. The lowest BCUT2D eigenvalue weighted by atomic mass is 9.66. The van der Waals surface area contributed by atoms with E-state index < -0.39 is 28.7 Å². The topological polar surface area (TPSA) is 98.7 Å². The number of thioether (sulfide) groups is 1. The predicted octanol–water partition coefficient (Wildman–Crippen LogP) is 3.48. The summed E-state index contributed by atoms with van der Waals surface area (Å²) in [5.41, 5.74) is 1.68. The molecule has 3 N–H and O–H groups in total. The summed E-state index contributed by atoms with van der Waals surface area (Å²) in [6.45, 7) is 4.46. The Labute approximate surface area is 228 Å². The number of aliphatic hydroxyl groups is 1. The third-order valence-electron chi connectivity index (χ3n) is 8.52. The summed E-state index contributed by atoms with van der Waals surface area (Å²) in [6.07, 6.45) is 3.01. The molecule has 3 saturated heterocycles. The minimum Gasteiger partial charge on any atom is -0.394 e. The number of amides is 3. The van der Waals surface area contributed by atoms with Gasteiger partial charge in [0.05, 0.1) is 29.2 Å². The number of carbonyl (C=O) groups is 3. The summed E-state index contributed by atoms with van der Waals surface area (Å²) in [5.74, 6) is -1.60. The Kier molecular flexibility index (Phi) is 7.82. The molecule has 3 aliphatic heterocycles. The van der Waals surface area contributed by atoms with Gasteiger partial charge in [-0.25, -0.2) is 0 Å². The largest absolute Gasteiger partial charge is 0.394 e. The second-order valence-corrected chi connectivity index (χ2v) is 12.4. The Hall–Kier alpha value is -2.84. The van der Waals surface area contributed by atoms with Gasteiger partial charge in [0.25, 0.3) is 0 Å². The quantitative estimate of drug-likeness (QED) is 0.405. The number of unbranched alkanes of at least 4 members (excludes halogenated alkanes) is 1. The molecule has 0 saturated carbocycles. The fraction of sp³-hybridized carbons (Fsp3) is 0.500. The minimum atomic E-state index is -0.739. The van der Waals surface area contributed by atoms with Crippen LogP contribution in [0.5, 0.6) is 0 Å². The van der Waals surface area contributed by atoms with Gasteiger partial charge in [0.1, 0.15) is 6.04 Å². The molecular weight excluding hydrogens is 498 g/mol. The minimum absolute atomic E-state index is 0.0301. The van der Waals surface area contributed by atoms with Crippen LogP contribution in [-0.4, -0.2) is 63.0 Å². The Morgan fingerprint density at radius 2 is 1.79 bits per heavy atom. The summed E-state index contributed by atoms with van der Waals surface area (Å²) in [4.78, 5) is 43.6. The number of benzene rings is 2. The van der Waals surface area contributed by atoms with E-state index in [9.17, 15) is 19.5 Å². The summed E-state index contributed by atoms with van der Waals surface area (Å²) in [6, 6.07) is 17.7. The molecule has 202 valence electrons. The van der Waals surface area contributed by atoms with Gasteiger partial charge in [-0.05, 0) is 42.9 Å². The molecule has 0 aliphatic carbocycles. The number of carbonyl (C=O) groups excluding carboxylic acids is 3. The molecule has 3 unspecified atom stereocenters. The zero-order chi connectivity index (χ0) is 26.9. The van der Waals surface area contributed by atoms with Crippen LogP contribution < -0.4 is 10.6 Å². The van der Waals surface area contributed by atoms with Crippen molar-refractivity contribution < 1.29 is 19.5 Å². The maximum absolute atomic E-state index is 14.4. The van der Waals surface area contributed by atoms with E-state index >= 15 is 0 Å². The van der Waals surface area contributed by atoms with Crippen LogP contribution in [0.4, 0.5) is 5.69 Å². The first kappa shape index (κ1) is 26.8. The molecule has 7 nitrogen and oxygen atoms in total. The number of aliphatic hydroxyl groups excluding tert-OH is 1. The second-order valence-electron chi connectivity index (χ2n) is 10.8. The van der Waals surface area contributed by atoms with Crippen LogP contribution in [0.25, 0.3) is 0 Å². The smallest absolute Gasteiger partial charge is 0.244 e. The highest BCUT2D eigenvalue weighted by Crippen LogP contribution is 2.68. The second kappa shape index (κ2) is 11.1. The fourth-order valence-corrected chi connectivity index (χ4v) is 9.23. The molecule has 0 radical (unpaired) electrons. The molecule has 38 heavy (non-hydrogen) atoms. The molecule has 5 rings (SSSR count). The normalized spacial score (nSPS) is 30.2. The van der Waals surface area contributed by atoms with E-state index in [1.165, 1.54) is 0 Å². The third-order valence-corrected chi connectivity index (χ3v) is 10.6. The van der Waals surface area contributed by atoms with Crippen LogP contribution in [-0.2, 0) is 20.8 Å². The van der Waals surface area contributed by atoms with Crippen LogP contribution in [0, 0.1) is 17.8 Å². The van der Waals surface area contributed by atoms with Crippen molar-refractivity contribution in [3.63, 3.8) is 0 Å². The van der Waals surface area contributed by atoms with Crippen LogP contribution >= 0.6 is 11.8 Å². The van der Waals surface area contributed by atoms with Crippen molar-refractivity contribution >= 4 is 35.2 Å². The summed E-state index contributed by atoms with van der Waals surface area (Å²) < 4.78 is -0.707. The van der Waals surface area contributed by atoms with Crippen LogP contribution in [0.3, 0.4) is 0 Å². The maximum atomic E-state index is 14.4. The van der Waals surface area contributed by atoms with Crippen molar-refractivity contribution in [2.24, 2.45) is 17.8 Å². The Balaban J connectivity index is 1.52. The van der Waals surface area contributed by atoms with Crippen molar-refractivity contribution in [2.75, 3.05) is 18.5 Å². The zero-order valence-electron chi connectivity index (χ0n) is 22.0. The predicted molar refractivity (Wildman–Crippen MR) is 150 cm³/mol. The molecule has 8 heteroatoms. The number of para-hydroxylation sites is 1. The first-order chi connectivity index (χ1) is 18.4. The van der Waals surface area contributed by atoms with Crippen molar-refractivity contribution in [1.29, 1.82) is 0 Å². The van der Waals surface area contributed by atoms with E-state index in [0.717, 1.165) is 24.8 Å². The molecule has 2 aromatic rings. The maximum Gasteiger partial charge on any atom is 0.244 e. The van der Waals surface area contributed by atoms with E-state index in [2.05, 4.69) is 24.5 Å². The lowest BCUT2D eigenvalue weighted by Crippen LogP contribution is -2.58. The number of anilines is 1. The number of hydrogen-bond donors (Lipinski definition) is 3. The van der Waals surface area contributed by atoms with Gasteiger partial charge in [-0.15, -0.1) is 11.8 Å². The number of fused-ring (bicyclic) bond motifs is 1. The van der Waals surface area contributed by atoms with Gasteiger partial charge in [0.15, 0.2) is 0 Å². The van der Waals surface area contributed by atoms with Gasteiger partial charge in [-0.3, -0.25) is 14.4 Å². The Morgan fingerprint density at radius 1 is 1.11 bits per heavy atom. The average Bonchev–Trinajstić information content (AvgIpc) is 3.52. The van der Waals surface area contributed by atoms with Crippen LogP contribution in [0.1, 0.15) is 38.7 Å².